The van der Waals surface area contributed by atoms with Crippen LogP contribution in [0.2, 0.25) is 0 Å². The number of benzene rings is 1. The van der Waals surface area contributed by atoms with Crippen molar-refractivity contribution in [3.63, 3.8) is 0 Å². The van der Waals surface area contributed by atoms with Crippen molar-refractivity contribution in [3.05, 3.63) is 30.1 Å². The number of imidazole rings is 1. The Morgan fingerprint density at radius 3 is 2.88 bits per heavy atom. The van der Waals surface area contributed by atoms with Gasteiger partial charge in [0.15, 0.2) is 0 Å². The fourth-order valence-electron chi connectivity index (χ4n) is 3.17. The average molecular weight is 405 g/mol. The lowest BCUT2D eigenvalue weighted by atomic mass is 9.95. The Hall–Kier alpha value is -0.950. The second kappa shape index (κ2) is 10.3. The first-order valence-electron chi connectivity index (χ1n) is 8.12. The minimum absolute atomic E-state index is 0. The van der Waals surface area contributed by atoms with Crippen LogP contribution in [0.1, 0.15) is 19.2 Å². The molecule has 2 unspecified atom stereocenters. The van der Waals surface area contributed by atoms with Crippen molar-refractivity contribution < 1.29 is 4.79 Å². The molecule has 1 fully saturated rings. The molecule has 3 rings (SSSR count). The van der Waals surface area contributed by atoms with E-state index < -0.39 is 0 Å². The van der Waals surface area contributed by atoms with Gasteiger partial charge in [0.05, 0.1) is 16.8 Å². The van der Waals surface area contributed by atoms with Gasteiger partial charge in [-0.25, -0.2) is 4.98 Å². The largest absolute Gasteiger partial charge is 0.351 e. The zero-order chi connectivity index (χ0) is 16.2. The highest BCUT2D eigenvalue weighted by molar-refractivity contribution is 7.97. The van der Waals surface area contributed by atoms with Crippen LogP contribution in [0.4, 0.5) is 0 Å². The van der Waals surface area contributed by atoms with E-state index in [0.29, 0.717) is 12.5 Å². The topological polar surface area (TPSA) is 59.0 Å². The number of hydrogen-bond acceptors (Lipinski definition) is 4. The highest BCUT2D eigenvalue weighted by atomic mass is 35.5. The lowest BCUT2D eigenvalue weighted by Crippen LogP contribution is -2.49. The summed E-state index contributed by atoms with van der Waals surface area (Å²) in [7, 11) is 0. The van der Waals surface area contributed by atoms with E-state index in [4.69, 9.17) is 0 Å². The number of carbonyl (C=O) groups is 1. The van der Waals surface area contributed by atoms with E-state index >= 15 is 0 Å². The van der Waals surface area contributed by atoms with E-state index in [9.17, 15) is 4.79 Å². The molecule has 25 heavy (non-hydrogen) atoms. The Labute approximate surface area is 165 Å². The van der Waals surface area contributed by atoms with Gasteiger partial charge >= 0.3 is 0 Å². The maximum Gasteiger partial charge on any atom is 0.240 e. The summed E-state index contributed by atoms with van der Waals surface area (Å²) in [5.74, 6) is 2.32. The van der Waals surface area contributed by atoms with Crippen LogP contribution < -0.4 is 10.6 Å². The van der Waals surface area contributed by atoms with E-state index in [2.05, 4.69) is 28.8 Å². The average Bonchev–Trinajstić information content (AvgIpc) is 2.88. The predicted molar refractivity (Wildman–Crippen MR) is 110 cm³/mol. The van der Waals surface area contributed by atoms with Gasteiger partial charge in [0.25, 0.3) is 0 Å². The molecular formula is C17H26Cl2N4OS. The van der Waals surface area contributed by atoms with Crippen molar-refractivity contribution in [2.45, 2.75) is 31.7 Å². The predicted octanol–water partition coefficient (Wildman–Crippen LogP) is 2.86. The smallest absolute Gasteiger partial charge is 0.240 e. The highest BCUT2D eigenvalue weighted by Crippen LogP contribution is 2.19. The highest BCUT2D eigenvalue weighted by Gasteiger charge is 2.23. The Kier molecular flexibility index (Phi) is 9.07. The molecule has 2 heterocycles. The maximum absolute atomic E-state index is 12.5. The second-order valence-corrected chi connectivity index (χ2v) is 7.05. The van der Waals surface area contributed by atoms with Crippen molar-refractivity contribution in [2.75, 3.05) is 19.3 Å². The van der Waals surface area contributed by atoms with Gasteiger partial charge in [0.2, 0.25) is 5.91 Å². The molecule has 2 atom stereocenters. The number of para-hydroxylation sites is 2. The van der Waals surface area contributed by atoms with Crippen molar-refractivity contribution in [3.8, 4) is 0 Å². The lowest BCUT2D eigenvalue weighted by molar-refractivity contribution is -0.122. The zero-order valence-corrected chi connectivity index (χ0v) is 17.0. The Morgan fingerprint density at radius 2 is 2.16 bits per heavy atom. The van der Waals surface area contributed by atoms with E-state index in [1.54, 1.807) is 11.8 Å². The Bertz CT molecular complexity index is 694. The first-order valence-corrected chi connectivity index (χ1v) is 9.51. The summed E-state index contributed by atoms with van der Waals surface area (Å²) in [5, 5.41) is 6.57. The Balaban J connectivity index is 0.00000156. The molecule has 5 nitrogen and oxygen atoms in total. The number of carbonyl (C=O) groups excluding carboxylic acids is 1. The summed E-state index contributed by atoms with van der Waals surface area (Å²) < 4.78 is 2.05. The minimum Gasteiger partial charge on any atom is -0.351 e. The summed E-state index contributed by atoms with van der Waals surface area (Å²) in [4.78, 5) is 17.2. The van der Waals surface area contributed by atoms with E-state index in [1.807, 2.05) is 28.8 Å². The summed E-state index contributed by atoms with van der Waals surface area (Å²) in [5.41, 5.74) is 1.99. The molecule has 8 heteroatoms. The molecule has 0 radical (unpaired) electrons. The molecule has 1 aromatic heterocycles. The quantitative estimate of drug-likeness (QED) is 0.803. The van der Waals surface area contributed by atoms with Crippen LogP contribution in [0.25, 0.3) is 11.0 Å². The van der Waals surface area contributed by atoms with E-state index in [-0.39, 0.29) is 36.8 Å². The second-order valence-electron chi connectivity index (χ2n) is 6.18. The van der Waals surface area contributed by atoms with Crippen molar-refractivity contribution in [2.24, 2.45) is 5.92 Å². The van der Waals surface area contributed by atoms with Crippen LogP contribution >= 0.6 is 36.6 Å². The number of nitrogens with one attached hydrogen (secondary N) is 2. The van der Waals surface area contributed by atoms with Gasteiger partial charge in [-0.1, -0.05) is 19.1 Å². The van der Waals surface area contributed by atoms with E-state index in [0.717, 1.165) is 42.1 Å². The number of piperidine rings is 1. The van der Waals surface area contributed by atoms with Crippen LogP contribution in [0, 0.1) is 5.92 Å². The number of thioether (sulfide) groups is 1. The van der Waals surface area contributed by atoms with Gasteiger partial charge in [-0.2, -0.15) is 11.8 Å². The maximum atomic E-state index is 12.5. The van der Waals surface area contributed by atoms with Crippen LogP contribution in [0.3, 0.4) is 0 Å². The molecular weight excluding hydrogens is 379 g/mol. The number of fused-ring (bicyclic) bond motifs is 1. The summed E-state index contributed by atoms with van der Waals surface area (Å²) >= 11 is 1.72. The summed E-state index contributed by atoms with van der Waals surface area (Å²) in [6, 6.07) is 8.28. The number of aromatic nitrogens is 2. The number of hydrogen-bond donors (Lipinski definition) is 2. The molecule has 2 N–H and O–H groups in total. The molecule has 1 saturated heterocycles. The number of amides is 1. The van der Waals surface area contributed by atoms with Gasteiger partial charge in [-0.3, -0.25) is 4.79 Å². The van der Waals surface area contributed by atoms with Crippen LogP contribution in [0.5, 0.6) is 0 Å². The molecule has 1 aromatic carbocycles. The zero-order valence-electron chi connectivity index (χ0n) is 14.5. The van der Waals surface area contributed by atoms with Crippen LogP contribution in [-0.2, 0) is 17.1 Å². The lowest BCUT2D eigenvalue weighted by Gasteiger charge is -2.30. The van der Waals surface area contributed by atoms with Gasteiger partial charge in [-0.05, 0) is 43.8 Å². The molecule has 2 aromatic rings. The Morgan fingerprint density at radius 1 is 1.40 bits per heavy atom. The fourth-order valence-corrected chi connectivity index (χ4v) is 3.64. The third-order valence-corrected chi connectivity index (χ3v) is 4.99. The first kappa shape index (κ1) is 22.1. The molecule has 0 spiro atoms. The third-order valence-electron chi connectivity index (χ3n) is 4.44. The van der Waals surface area contributed by atoms with E-state index in [1.165, 1.54) is 0 Å². The van der Waals surface area contributed by atoms with Crippen molar-refractivity contribution in [1.29, 1.82) is 0 Å². The molecule has 0 bridgehead atoms. The minimum atomic E-state index is 0. The van der Waals surface area contributed by atoms with Crippen molar-refractivity contribution in [1.82, 2.24) is 20.2 Å². The van der Waals surface area contributed by atoms with Gasteiger partial charge < -0.3 is 15.2 Å². The van der Waals surface area contributed by atoms with Gasteiger partial charge in [0.1, 0.15) is 12.4 Å². The standard InChI is InChI=1S/C17H24N4OS.2ClH/c1-12-9-18-8-7-13(12)20-17(22)10-21-15-6-4-3-5-14(15)19-16(21)11-23-2;;/h3-6,12-13,18H,7-11H2,1-2H3,(H,20,22);2*1H. The van der Waals surface area contributed by atoms with Gasteiger partial charge in [-0.15, -0.1) is 24.8 Å². The first-order chi connectivity index (χ1) is 11.2. The number of rotatable bonds is 5. The fraction of sp³-hybridized carbons (Fsp3) is 0.529. The third kappa shape index (κ3) is 5.26. The number of nitrogens with zero attached hydrogens (tertiary/aromatic N) is 2. The number of halogens is 2. The van der Waals surface area contributed by atoms with Crippen LogP contribution in [0.15, 0.2) is 24.3 Å². The summed E-state index contributed by atoms with van der Waals surface area (Å²) in [6.45, 7) is 4.47. The normalized spacial score (nSPS) is 19.8. The summed E-state index contributed by atoms with van der Waals surface area (Å²) in [6.07, 6.45) is 3.05. The molecule has 1 aliphatic rings. The molecule has 1 amide bonds. The van der Waals surface area contributed by atoms with Crippen molar-refractivity contribution >= 4 is 53.5 Å². The van der Waals surface area contributed by atoms with Gasteiger partial charge in [0, 0.05) is 6.04 Å². The monoisotopic (exact) mass is 404 g/mol. The molecule has 1 aliphatic heterocycles. The molecule has 140 valence electrons. The van der Waals surface area contributed by atoms with Crippen LogP contribution in [-0.4, -0.2) is 40.8 Å². The molecule has 0 saturated carbocycles. The SMILES string of the molecule is CSCc1nc2ccccc2n1CC(=O)NC1CCNCC1C.Cl.Cl. The molecule has 0 aliphatic carbocycles.